The van der Waals surface area contributed by atoms with Gasteiger partial charge in [-0.05, 0) is 38.2 Å². The van der Waals surface area contributed by atoms with E-state index < -0.39 is 0 Å². The molecule has 0 aromatic heterocycles. The first kappa shape index (κ1) is 22.6. The van der Waals surface area contributed by atoms with E-state index in [4.69, 9.17) is 44.3 Å². The van der Waals surface area contributed by atoms with Crippen molar-refractivity contribution in [2.24, 2.45) is 0 Å². The van der Waals surface area contributed by atoms with Crippen LogP contribution in [0.3, 0.4) is 0 Å². The molecule has 0 fully saturated rings. The van der Waals surface area contributed by atoms with Crippen LogP contribution < -0.4 is 14.8 Å². The zero-order chi connectivity index (χ0) is 21.8. The Morgan fingerprint density at radius 2 is 1.37 bits per heavy atom. The van der Waals surface area contributed by atoms with Gasteiger partial charge in [0.15, 0.2) is 11.3 Å². The van der Waals surface area contributed by atoms with Gasteiger partial charge in [-0.15, -0.1) is 0 Å². The molecule has 0 aliphatic heterocycles. The maximum Gasteiger partial charge on any atom is 0.196 e. The molecular weight excluding hydrogens is 466 g/mol. The summed E-state index contributed by atoms with van der Waals surface area (Å²) < 4.78 is 10.7. The highest BCUT2D eigenvalue weighted by molar-refractivity contribution is 7.66. The molecule has 0 saturated carbocycles. The first-order chi connectivity index (χ1) is 14.4. The summed E-state index contributed by atoms with van der Waals surface area (Å²) in [5.41, 5.74) is 0.579. The summed E-state index contributed by atoms with van der Waals surface area (Å²) >= 11 is 18.4. The topological polar surface area (TPSA) is 52.6 Å². The average molecular weight is 482 g/mol. The molecule has 0 saturated heterocycles. The van der Waals surface area contributed by atoms with Crippen molar-refractivity contribution in [1.29, 1.82) is 0 Å². The highest BCUT2D eigenvalue weighted by atomic mass is 35.5. The molecule has 0 bridgehead atoms. The molecule has 8 heteroatoms. The molecule has 3 aromatic rings. The van der Waals surface area contributed by atoms with Crippen LogP contribution in [0, 0.1) is 0 Å². The van der Waals surface area contributed by atoms with Crippen LogP contribution in [-0.4, -0.2) is 25.5 Å². The Morgan fingerprint density at radius 3 is 1.93 bits per heavy atom. The minimum atomic E-state index is -0.385. The molecule has 0 spiro atoms. The number of carbonyl (C=O) groups is 2. The second-order valence-corrected chi connectivity index (χ2v) is 8.60. The third-order valence-corrected chi connectivity index (χ3v) is 6.31. The molecule has 0 amide bonds. The highest BCUT2D eigenvalue weighted by Gasteiger charge is 2.24. The fourth-order valence-corrected chi connectivity index (χ4v) is 5.06. The number of benzene rings is 3. The van der Waals surface area contributed by atoms with E-state index in [1.165, 1.54) is 26.4 Å². The number of methoxy groups -OCH3 is 2. The zero-order valence-corrected chi connectivity index (χ0v) is 19.2. The molecular formula is C22H16Cl3O4P. The predicted octanol–water partition coefficient (Wildman–Crippen LogP) is 6.04. The molecule has 1 unspecified atom stereocenters. The van der Waals surface area contributed by atoms with Crippen LogP contribution >= 0.6 is 43.4 Å². The number of rotatable bonds is 7. The van der Waals surface area contributed by atoms with E-state index >= 15 is 0 Å². The van der Waals surface area contributed by atoms with E-state index in [0.717, 1.165) is 0 Å². The maximum atomic E-state index is 13.2. The molecule has 154 valence electrons. The lowest BCUT2D eigenvalue weighted by Crippen LogP contribution is -2.15. The Kier molecular flexibility index (Phi) is 7.38. The molecule has 3 rings (SSSR count). The summed E-state index contributed by atoms with van der Waals surface area (Å²) in [4.78, 5) is 26.4. The molecule has 1 atom stereocenters. The van der Waals surface area contributed by atoms with Crippen molar-refractivity contribution >= 4 is 60.0 Å². The summed E-state index contributed by atoms with van der Waals surface area (Å²) in [7, 11) is 2.62. The number of carbonyl (C=O) groups excluding carboxylic acids is 2. The van der Waals surface area contributed by atoms with E-state index in [9.17, 15) is 9.59 Å². The average Bonchev–Trinajstić information content (AvgIpc) is 2.72. The van der Waals surface area contributed by atoms with Crippen LogP contribution in [0.15, 0.2) is 54.6 Å². The molecule has 0 aliphatic rings. The minimum absolute atomic E-state index is 0.141. The van der Waals surface area contributed by atoms with Crippen LogP contribution in [0.2, 0.25) is 15.1 Å². The van der Waals surface area contributed by atoms with Gasteiger partial charge in [0.05, 0.1) is 29.8 Å². The van der Waals surface area contributed by atoms with Gasteiger partial charge in [-0.3, -0.25) is 9.59 Å². The van der Waals surface area contributed by atoms with E-state index in [1.807, 2.05) is 0 Å². The van der Waals surface area contributed by atoms with E-state index in [2.05, 4.69) is 0 Å². The normalized spacial score (nSPS) is 11.0. The summed E-state index contributed by atoms with van der Waals surface area (Å²) in [6.07, 6.45) is 0. The van der Waals surface area contributed by atoms with E-state index in [0.29, 0.717) is 33.0 Å². The summed E-state index contributed by atoms with van der Waals surface area (Å²) in [6, 6.07) is 14.9. The van der Waals surface area contributed by atoms with Crippen molar-refractivity contribution in [3.8, 4) is 11.5 Å². The fourth-order valence-electron chi connectivity index (χ4n) is 2.94. The SMILES string of the molecule is COc1cccc(OC)c1C(=O)Pc1ccccc1C(=O)c1c(Cl)cc(Cl)cc1Cl. The standard InChI is InChI=1S/C22H16Cl3O4P/c1-28-16-7-5-8-17(29-2)20(16)22(27)30-18-9-4-3-6-13(18)21(26)19-14(24)10-12(23)11-15(19)25/h3-11,30H,1-2H3. The van der Waals surface area contributed by atoms with Crippen molar-refractivity contribution in [3.05, 3.63) is 86.4 Å². The lowest BCUT2D eigenvalue weighted by molar-refractivity contribution is 0.103. The van der Waals surface area contributed by atoms with Crippen molar-refractivity contribution in [2.75, 3.05) is 14.2 Å². The van der Waals surface area contributed by atoms with Crippen LogP contribution in [0.4, 0.5) is 0 Å². The molecule has 0 radical (unpaired) electrons. The lowest BCUT2D eigenvalue weighted by Gasteiger charge is -2.14. The molecule has 4 nitrogen and oxygen atoms in total. The van der Waals surface area contributed by atoms with Crippen molar-refractivity contribution in [2.45, 2.75) is 0 Å². The first-order valence-electron chi connectivity index (χ1n) is 8.68. The van der Waals surface area contributed by atoms with Gasteiger partial charge < -0.3 is 9.47 Å². The quantitative estimate of drug-likeness (QED) is 0.305. The van der Waals surface area contributed by atoms with Crippen LogP contribution in [0.1, 0.15) is 26.3 Å². The second-order valence-electron chi connectivity index (χ2n) is 6.11. The van der Waals surface area contributed by atoms with Gasteiger partial charge in [0, 0.05) is 10.6 Å². The Balaban J connectivity index is 2.02. The number of ketones is 1. The Morgan fingerprint density at radius 1 is 0.800 bits per heavy atom. The van der Waals surface area contributed by atoms with Gasteiger partial charge in [0.25, 0.3) is 0 Å². The summed E-state index contributed by atoms with van der Waals surface area (Å²) in [5.74, 6) is 0.420. The number of hydrogen-bond donors (Lipinski definition) is 0. The molecule has 0 heterocycles. The largest absolute Gasteiger partial charge is 0.496 e. The van der Waals surface area contributed by atoms with Gasteiger partial charge in [0.2, 0.25) is 0 Å². The fraction of sp³-hybridized carbons (Fsp3) is 0.0909. The molecule has 0 aliphatic carbocycles. The number of hydrogen-bond acceptors (Lipinski definition) is 4. The number of halogens is 3. The Hall–Kier alpha value is -2.10. The van der Waals surface area contributed by atoms with Crippen LogP contribution in [0.5, 0.6) is 11.5 Å². The molecule has 3 aromatic carbocycles. The highest BCUT2D eigenvalue weighted by Crippen LogP contribution is 2.35. The zero-order valence-electron chi connectivity index (χ0n) is 16.0. The maximum absolute atomic E-state index is 13.2. The van der Waals surface area contributed by atoms with Gasteiger partial charge >= 0.3 is 0 Å². The minimum Gasteiger partial charge on any atom is -0.496 e. The third kappa shape index (κ3) is 4.63. The Labute approximate surface area is 190 Å². The first-order valence-corrected chi connectivity index (χ1v) is 10.8. The smallest absolute Gasteiger partial charge is 0.196 e. The van der Waals surface area contributed by atoms with Gasteiger partial charge in [-0.1, -0.05) is 65.1 Å². The monoisotopic (exact) mass is 480 g/mol. The Bertz CT molecular complexity index is 1090. The summed E-state index contributed by atoms with van der Waals surface area (Å²) in [5, 5.41) is 1.18. The van der Waals surface area contributed by atoms with Gasteiger partial charge in [-0.25, -0.2) is 0 Å². The van der Waals surface area contributed by atoms with Crippen LogP contribution in [0.25, 0.3) is 0 Å². The van der Waals surface area contributed by atoms with E-state index in [1.54, 1.807) is 42.5 Å². The molecule has 30 heavy (non-hydrogen) atoms. The van der Waals surface area contributed by atoms with E-state index in [-0.39, 0.29) is 35.5 Å². The number of ether oxygens (including phenoxy) is 2. The van der Waals surface area contributed by atoms with Crippen molar-refractivity contribution in [1.82, 2.24) is 0 Å². The van der Waals surface area contributed by atoms with Gasteiger partial charge in [0.1, 0.15) is 17.1 Å². The molecule has 0 N–H and O–H groups in total. The van der Waals surface area contributed by atoms with Crippen molar-refractivity contribution < 1.29 is 19.1 Å². The third-order valence-electron chi connectivity index (χ3n) is 4.31. The van der Waals surface area contributed by atoms with Crippen molar-refractivity contribution in [3.63, 3.8) is 0 Å². The predicted molar refractivity (Wildman–Crippen MR) is 123 cm³/mol. The van der Waals surface area contributed by atoms with Crippen LogP contribution in [-0.2, 0) is 0 Å². The second kappa shape index (κ2) is 9.80. The summed E-state index contributed by atoms with van der Waals surface area (Å²) in [6.45, 7) is 0. The lowest BCUT2D eigenvalue weighted by atomic mass is 10.0. The van der Waals surface area contributed by atoms with Gasteiger partial charge in [-0.2, -0.15) is 0 Å².